The van der Waals surface area contributed by atoms with Crippen LogP contribution in [0.25, 0.3) is 0 Å². The van der Waals surface area contributed by atoms with E-state index in [0.717, 1.165) is 0 Å². The second-order valence-corrected chi connectivity index (χ2v) is 2.49. The molecule has 13 heavy (non-hydrogen) atoms. The van der Waals surface area contributed by atoms with Gasteiger partial charge in [0.05, 0.1) is 11.0 Å². The van der Waals surface area contributed by atoms with Crippen molar-refractivity contribution in [3.05, 3.63) is 32.8 Å². The summed E-state index contributed by atoms with van der Waals surface area (Å²) in [6.07, 6.45) is 0. The molecule has 0 radical (unpaired) electrons. The summed E-state index contributed by atoms with van der Waals surface area (Å²) in [5.74, 6) is -4.06. The second-order valence-electron chi connectivity index (χ2n) is 2.11. The van der Waals surface area contributed by atoms with E-state index in [0.29, 0.717) is 0 Å². The van der Waals surface area contributed by atoms with Gasteiger partial charge in [-0.25, -0.2) is 8.78 Å². The molecule has 1 aromatic carbocycles. The minimum atomic E-state index is -1.51. The Morgan fingerprint density at radius 3 is 2.54 bits per heavy atom. The molecule has 0 aliphatic heterocycles. The molecule has 7 heteroatoms. The van der Waals surface area contributed by atoms with Crippen LogP contribution >= 0.6 is 11.6 Å². The molecule has 0 saturated carbocycles. The highest BCUT2D eigenvalue weighted by Gasteiger charge is 2.23. The maximum atomic E-state index is 12.5. The average molecular weight is 210 g/mol. The first-order valence-electron chi connectivity index (χ1n) is 2.96. The fraction of sp³-hybridized carbons (Fsp3) is 0. The first-order chi connectivity index (χ1) is 5.95. The molecule has 0 bridgehead atoms. The summed E-state index contributed by atoms with van der Waals surface area (Å²) in [6.45, 7) is 0. The van der Waals surface area contributed by atoms with Crippen LogP contribution in [0.1, 0.15) is 0 Å². The number of nitro groups is 1. The van der Waals surface area contributed by atoms with Gasteiger partial charge >= 0.3 is 5.69 Å². The number of hydrogen-bond donors (Lipinski definition) is 1. The fourth-order valence-corrected chi connectivity index (χ4v) is 0.899. The average Bonchev–Trinajstić information content (AvgIpc) is 2.07. The van der Waals surface area contributed by atoms with Crippen molar-refractivity contribution in [3.8, 4) is 5.75 Å². The quantitative estimate of drug-likeness (QED) is 0.438. The van der Waals surface area contributed by atoms with Crippen molar-refractivity contribution in [2.45, 2.75) is 0 Å². The van der Waals surface area contributed by atoms with Crippen LogP contribution in [0.2, 0.25) is 5.02 Å². The topological polar surface area (TPSA) is 63.4 Å². The maximum Gasteiger partial charge on any atom is 0.315 e. The molecule has 0 fully saturated rings. The van der Waals surface area contributed by atoms with Crippen LogP contribution in [0.5, 0.6) is 5.75 Å². The third-order valence-electron chi connectivity index (χ3n) is 1.31. The number of phenols is 1. The van der Waals surface area contributed by atoms with Crippen molar-refractivity contribution in [2.24, 2.45) is 0 Å². The van der Waals surface area contributed by atoms with Crippen LogP contribution < -0.4 is 0 Å². The van der Waals surface area contributed by atoms with Crippen LogP contribution in [0, 0.1) is 21.7 Å². The number of nitro benzene ring substituents is 1. The molecule has 1 rings (SSSR count). The summed E-state index contributed by atoms with van der Waals surface area (Å²) < 4.78 is 25.1. The lowest BCUT2D eigenvalue weighted by Crippen LogP contribution is -1.94. The minimum absolute atomic E-state index is 0.260. The zero-order valence-corrected chi connectivity index (χ0v) is 6.68. The van der Waals surface area contributed by atoms with E-state index in [1.165, 1.54) is 0 Å². The molecular weight excluding hydrogens is 208 g/mol. The highest BCUT2D eigenvalue weighted by atomic mass is 35.5. The molecule has 0 atom stereocenters. The third-order valence-corrected chi connectivity index (χ3v) is 1.66. The summed E-state index contributed by atoms with van der Waals surface area (Å²) >= 11 is 5.06. The van der Waals surface area contributed by atoms with E-state index >= 15 is 0 Å². The first-order valence-corrected chi connectivity index (χ1v) is 3.33. The zero-order chi connectivity index (χ0) is 10.2. The number of rotatable bonds is 1. The molecule has 1 aromatic rings. The predicted molar refractivity (Wildman–Crippen MR) is 39.7 cm³/mol. The van der Waals surface area contributed by atoms with E-state index in [9.17, 15) is 18.9 Å². The Morgan fingerprint density at radius 1 is 1.54 bits per heavy atom. The van der Waals surface area contributed by atoms with Crippen molar-refractivity contribution in [3.63, 3.8) is 0 Å². The lowest BCUT2D eigenvalue weighted by atomic mass is 10.3. The van der Waals surface area contributed by atoms with Crippen LogP contribution in [0.4, 0.5) is 14.5 Å². The number of phenolic OH excluding ortho intramolecular Hbond substituents is 1. The van der Waals surface area contributed by atoms with Gasteiger partial charge < -0.3 is 5.11 Å². The Kier molecular flexibility index (Phi) is 2.33. The van der Waals surface area contributed by atoms with Gasteiger partial charge in [0.25, 0.3) is 0 Å². The minimum Gasteiger partial charge on any atom is -0.501 e. The fourth-order valence-electron chi connectivity index (χ4n) is 0.712. The van der Waals surface area contributed by atoms with E-state index < -0.39 is 33.0 Å². The van der Waals surface area contributed by atoms with Crippen LogP contribution in [-0.4, -0.2) is 10.0 Å². The van der Waals surface area contributed by atoms with Crippen LogP contribution in [0.15, 0.2) is 6.07 Å². The molecule has 0 aromatic heterocycles. The van der Waals surface area contributed by atoms with Gasteiger partial charge in [-0.2, -0.15) is 0 Å². The maximum absolute atomic E-state index is 12.5. The van der Waals surface area contributed by atoms with Crippen molar-refractivity contribution in [1.82, 2.24) is 0 Å². The van der Waals surface area contributed by atoms with E-state index in [2.05, 4.69) is 0 Å². The predicted octanol–water partition coefficient (Wildman–Crippen LogP) is 2.23. The van der Waals surface area contributed by atoms with E-state index in [-0.39, 0.29) is 6.07 Å². The standard InChI is InChI=1S/C6H2ClF2NO3/c7-4-5(9)2(8)1-3(6(4)11)10(12)13/h1,11H. The number of halogens is 3. The summed E-state index contributed by atoms with van der Waals surface area (Å²) in [6, 6.07) is 0.260. The Morgan fingerprint density at radius 2 is 2.08 bits per heavy atom. The zero-order valence-electron chi connectivity index (χ0n) is 5.92. The van der Waals surface area contributed by atoms with Crippen molar-refractivity contribution in [2.75, 3.05) is 0 Å². The molecule has 0 saturated heterocycles. The van der Waals surface area contributed by atoms with Gasteiger partial charge in [0, 0.05) is 0 Å². The normalized spacial score (nSPS) is 10.1. The van der Waals surface area contributed by atoms with Crippen molar-refractivity contribution >= 4 is 17.3 Å². The molecule has 1 N–H and O–H groups in total. The second kappa shape index (κ2) is 3.14. The van der Waals surface area contributed by atoms with Gasteiger partial charge in [0.15, 0.2) is 11.6 Å². The van der Waals surface area contributed by atoms with Crippen molar-refractivity contribution < 1.29 is 18.8 Å². The summed E-state index contributed by atoms with van der Waals surface area (Å²) in [7, 11) is 0. The Bertz CT molecular complexity index is 383. The van der Waals surface area contributed by atoms with Crippen molar-refractivity contribution in [1.29, 1.82) is 0 Å². The highest BCUT2D eigenvalue weighted by molar-refractivity contribution is 6.32. The number of hydrogen-bond acceptors (Lipinski definition) is 3. The molecule has 0 heterocycles. The lowest BCUT2D eigenvalue weighted by molar-refractivity contribution is -0.386. The monoisotopic (exact) mass is 209 g/mol. The molecule has 0 unspecified atom stereocenters. The molecule has 0 amide bonds. The van der Waals surface area contributed by atoms with Crippen LogP contribution in [0.3, 0.4) is 0 Å². The van der Waals surface area contributed by atoms with Gasteiger partial charge in [-0.3, -0.25) is 10.1 Å². The molecule has 70 valence electrons. The van der Waals surface area contributed by atoms with Gasteiger partial charge in [-0.05, 0) is 0 Å². The van der Waals surface area contributed by atoms with E-state index in [1.807, 2.05) is 0 Å². The first kappa shape index (κ1) is 9.66. The van der Waals surface area contributed by atoms with Crippen LogP contribution in [-0.2, 0) is 0 Å². The SMILES string of the molecule is O=[N+]([O-])c1cc(F)c(F)c(Cl)c1O. The van der Waals surface area contributed by atoms with E-state index in [4.69, 9.17) is 16.7 Å². The Labute approximate surface area is 75.5 Å². The third kappa shape index (κ3) is 1.52. The Hall–Kier alpha value is -1.43. The van der Waals surface area contributed by atoms with Gasteiger partial charge in [0.2, 0.25) is 5.75 Å². The smallest absolute Gasteiger partial charge is 0.315 e. The van der Waals surface area contributed by atoms with Gasteiger partial charge in [0.1, 0.15) is 5.02 Å². The molecular formula is C6H2ClF2NO3. The number of aromatic hydroxyl groups is 1. The lowest BCUT2D eigenvalue weighted by Gasteiger charge is -2.00. The largest absolute Gasteiger partial charge is 0.501 e. The molecule has 0 spiro atoms. The highest BCUT2D eigenvalue weighted by Crippen LogP contribution is 2.36. The molecule has 0 aliphatic rings. The molecule has 0 aliphatic carbocycles. The number of benzene rings is 1. The Balaban J connectivity index is 3.50. The number of nitrogens with zero attached hydrogens (tertiary/aromatic N) is 1. The summed E-state index contributed by atoms with van der Waals surface area (Å²) in [5, 5.41) is 18.0. The van der Waals surface area contributed by atoms with Gasteiger partial charge in [-0.1, -0.05) is 11.6 Å². The van der Waals surface area contributed by atoms with E-state index in [1.54, 1.807) is 0 Å². The summed E-state index contributed by atoms with van der Waals surface area (Å²) in [5.41, 5.74) is -0.969. The summed E-state index contributed by atoms with van der Waals surface area (Å²) in [4.78, 5) is 9.07. The van der Waals surface area contributed by atoms with Gasteiger partial charge in [-0.15, -0.1) is 0 Å². The molecule has 4 nitrogen and oxygen atoms in total.